The van der Waals surface area contributed by atoms with Crippen molar-refractivity contribution < 1.29 is 4.79 Å². The fourth-order valence-electron chi connectivity index (χ4n) is 2.19. The molecule has 94 valence electrons. The summed E-state index contributed by atoms with van der Waals surface area (Å²) >= 11 is 1.53. The number of hydrogen-bond acceptors (Lipinski definition) is 5. The number of thioether (sulfide) groups is 1. The second-order valence-electron chi connectivity index (χ2n) is 4.12. The van der Waals surface area contributed by atoms with E-state index in [1.165, 1.54) is 16.7 Å². The topological polar surface area (TPSA) is 61.6 Å². The predicted octanol–water partition coefficient (Wildman–Crippen LogP) is 0.216. The maximum absolute atomic E-state index is 11.1. The Bertz CT molecular complexity index is 387. The van der Waals surface area contributed by atoms with Gasteiger partial charge >= 0.3 is 0 Å². The molecule has 3 aliphatic rings. The lowest BCUT2D eigenvalue weighted by atomic mass is 10.2. The van der Waals surface area contributed by atoms with Crippen LogP contribution in [0.4, 0.5) is 0 Å². The standard InChI is InChI=1S/C10H14N4OS.ClH/c11-9(15)10-12-7-5-13-3-1-2-4-14(13)6-8(7)16-10;/h2,4,6-7,10,12H,1,3,5H2,(H2,11,15);1H. The molecule has 2 unspecified atom stereocenters. The zero-order valence-electron chi connectivity index (χ0n) is 9.20. The first kappa shape index (κ1) is 12.8. The fraction of sp³-hybridized carbons (Fsp3) is 0.500. The van der Waals surface area contributed by atoms with Crippen LogP contribution < -0.4 is 11.1 Å². The van der Waals surface area contributed by atoms with Gasteiger partial charge in [0, 0.05) is 30.4 Å². The third kappa shape index (κ3) is 2.30. The quantitative estimate of drug-likeness (QED) is 0.716. The van der Waals surface area contributed by atoms with Crippen LogP contribution in [-0.2, 0) is 4.79 Å². The minimum Gasteiger partial charge on any atom is -0.368 e. The van der Waals surface area contributed by atoms with Gasteiger partial charge in [-0.2, -0.15) is 0 Å². The minimum atomic E-state index is -0.288. The lowest BCUT2D eigenvalue weighted by molar-refractivity contribution is -0.118. The summed E-state index contributed by atoms with van der Waals surface area (Å²) in [5.74, 6) is -0.288. The molecule has 1 amide bonds. The summed E-state index contributed by atoms with van der Waals surface area (Å²) in [6.07, 6.45) is 7.40. The van der Waals surface area contributed by atoms with Gasteiger partial charge in [0.25, 0.3) is 0 Å². The highest BCUT2D eigenvalue weighted by molar-refractivity contribution is 8.04. The van der Waals surface area contributed by atoms with E-state index in [4.69, 9.17) is 5.73 Å². The van der Waals surface area contributed by atoms with Crippen LogP contribution in [0.15, 0.2) is 23.4 Å². The highest BCUT2D eigenvalue weighted by Gasteiger charge is 2.37. The van der Waals surface area contributed by atoms with Crippen molar-refractivity contribution in [3.05, 3.63) is 23.4 Å². The largest absolute Gasteiger partial charge is 0.368 e. The molecule has 0 aromatic carbocycles. The molecular formula is C10H15ClN4OS. The van der Waals surface area contributed by atoms with E-state index in [1.807, 2.05) is 0 Å². The summed E-state index contributed by atoms with van der Waals surface area (Å²) in [6, 6.07) is 0.255. The van der Waals surface area contributed by atoms with Gasteiger partial charge in [0.2, 0.25) is 5.91 Å². The van der Waals surface area contributed by atoms with Gasteiger partial charge in [0.05, 0.1) is 6.04 Å². The molecule has 1 saturated heterocycles. The van der Waals surface area contributed by atoms with Gasteiger partial charge in [0.15, 0.2) is 0 Å². The molecule has 17 heavy (non-hydrogen) atoms. The van der Waals surface area contributed by atoms with Crippen molar-refractivity contribution in [3.8, 4) is 0 Å². The second kappa shape index (κ2) is 4.89. The number of nitrogens with two attached hydrogens (primary N) is 1. The van der Waals surface area contributed by atoms with Crippen LogP contribution in [0.5, 0.6) is 0 Å². The Morgan fingerprint density at radius 2 is 2.41 bits per heavy atom. The molecule has 3 heterocycles. The smallest absolute Gasteiger partial charge is 0.245 e. The fourth-order valence-corrected chi connectivity index (χ4v) is 3.28. The Labute approximate surface area is 110 Å². The SMILES string of the molecule is Cl.NC(=O)C1NC2CN3CCC=CN3C=C2S1. The molecule has 0 aromatic rings. The number of rotatable bonds is 1. The van der Waals surface area contributed by atoms with Gasteiger partial charge in [0.1, 0.15) is 5.37 Å². The van der Waals surface area contributed by atoms with Gasteiger partial charge in [-0.1, -0.05) is 17.8 Å². The Hall–Kier alpha value is -0.690. The Balaban J connectivity index is 0.00000108. The van der Waals surface area contributed by atoms with Crippen molar-refractivity contribution in [2.75, 3.05) is 13.1 Å². The lowest BCUT2D eigenvalue weighted by Crippen LogP contribution is -2.51. The number of fused-ring (bicyclic) bond motifs is 2. The van der Waals surface area contributed by atoms with Crippen molar-refractivity contribution in [3.63, 3.8) is 0 Å². The zero-order chi connectivity index (χ0) is 11.1. The molecule has 0 bridgehead atoms. The molecule has 0 aliphatic carbocycles. The lowest BCUT2D eigenvalue weighted by Gasteiger charge is -2.39. The van der Waals surface area contributed by atoms with Crippen molar-refractivity contribution in [1.82, 2.24) is 15.3 Å². The van der Waals surface area contributed by atoms with Crippen LogP contribution in [0.3, 0.4) is 0 Å². The molecule has 0 radical (unpaired) electrons. The van der Waals surface area contributed by atoms with E-state index < -0.39 is 0 Å². The first-order chi connectivity index (χ1) is 7.74. The molecule has 3 N–H and O–H groups in total. The molecule has 0 aromatic heterocycles. The van der Waals surface area contributed by atoms with Crippen molar-refractivity contribution in [1.29, 1.82) is 0 Å². The number of nitrogens with one attached hydrogen (secondary N) is 1. The number of carbonyl (C=O) groups excluding carboxylic acids is 1. The zero-order valence-corrected chi connectivity index (χ0v) is 10.8. The number of amides is 1. The van der Waals surface area contributed by atoms with Crippen LogP contribution in [0.25, 0.3) is 0 Å². The van der Waals surface area contributed by atoms with Crippen molar-refractivity contribution in [2.45, 2.75) is 17.8 Å². The number of halogens is 1. The van der Waals surface area contributed by atoms with Crippen LogP contribution in [0, 0.1) is 0 Å². The normalized spacial score (nSPS) is 31.3. The van der Waals surface area contributed by atoms with E-state index in [0.29, 0.717) is 0 Å². The third-order valence-corrected chi connectivity index (χ3v) is 4.27. The number of carbonyl (C=O) groups is 1. The van der Waals surface area contributed by atoms with Crippen LogP contribution in [-0.4, -0.2) is 40.4 Å². The Kier molecular flexibility index (Phi) is 3.67. The van der Waals surface area contributed by atoms with Crippen LogP contribution >= 0.6 is 24.2 Å². The summed E-state index contributed by atoms with van der Waals surface area (Å²) in [5, 5.41) is 7.35. The number of primary amides is 1. The molecule has 5 nitrogen and oxygen atoms in total. The van der Waals surface area contributed by atoms with E-state index in [-0.39, 0.29) is 29.7 Å². The summed E-state index contributed by atoms with van der Waals surface area (Å²) in [5.41, 5.74) is 5.31. The van der Waals surface area contributed by atoms with Gasteiger partial charge in [-0.15, -0.1) is 12.4 Å². The van der Waals surface area contributed by atoms with E-state index in [2.05, 4.69) is 33.8 Å². The molecule has 1 fully saturated rings. The van der Waals surface area contributed by atoms with Gasteiger partial charge in [-0.25, -0.2) is 5.01 Å². The van der Waals surface area contributed by atoms with Crippen molar-refractivity contribution >= 4 is 30.1 Å². The van der Waals surface area contributed by atoms with E-state index >= 15 is 0 Å². The molecule has 0 saturated carbocycles. The highest BCUT2D eigenvalue weighted by atomic mass is 35.5. The van der Waals surface area contributed by atoms with Gasteiger partial charge in [-0.05, 0) is 6.42 Å². The second-order valence-corrected chi connectivity index (χ2v) is 5.30. The molecule has 3 aliphatic heterocycles. The van der Waals surface area contributed by atoms with Crippen LogP contribution in [0.2, 0.25) is 0 Å². The average Bonchev–Trinajstić information content (AvgIpc) is 2.68. The summed E-state index contributed by atoms with van der Waals surface area (Å²) in [6.45, 7) is 1.94. The molecule has 7 heteroatoms. The molecule has 0 spiro atoms. The molecule has 3 rings (SSSR count). The third-order valence-electron chi connectivity index (χ3n) is 3.00. The maximum atomic E-state index is 11.1. The highest BCUT2D eigenvalue weighted by Crippen LogP contribution is 2.35. The summed E-state index contributed by atoms with van der Waals surface area (Å²) in [4.78, 5) is 12.3. The van der Waals surface area contributed by atoms with Crippen molar-refractivity contribution in [2.24, 2.45) is 5.73 Å². The molecular weight excluding hydrogens is 260 g/mol. The number of hydrazine groups is 1. The Morgan fingerprint density at radius 1 is 1.59 bits per heavy atom. The van der Waals surface area contributed by atoms with Gasteiger partial charge in [-0.3, -0.25) is 15.1 Å². The summed E-state index contributed by atoms with van der Waals surface area (Å²) < 4.78 is 0. The molecule has 2 atom stereocenters. The van der Waals surface area contributed by atoms with E-state index in [1.54, 1.807) is 0 Å². The monoisotopic (exact) mass is 274 g/mol. The predicted molar refractivity (Wildman–Crippen MR) is 70.0 cm³/mol. The van der Waals surface area contributed by atoms with E-state index in [9.17, 15) is 4.79 Å². The minimum absolute atomic E-state index is 0. The first-order valence-electron chi connectivity index (χ1n) is 5.37. The average molecular weight is 275 g/mol. The maximum Gasteiger partial charge on any atom is 0.245 e. The van der Waals surface area contributed by atoms with Gasteiger partial charge < -0.3 is 5.73 Å². The van der Waals surface area contributed by atoms with Crippen LogP contribution in [0.1, 0.15) is 6.42 Å². The first-order valence-corrected chi connectivity index (χ1v) is 6.25. The number of nitrogens with zero attached hydrogens (tertiary/aromatic N) is 2. The number of hydrogen-bond donors (Lipinski definition) is 2. The summed E-state index contributed by atoms with van der Waals surface area (Å²) in [7, 11) is 0. The van der Waals surface area contributed by atoms with E-state index in [0.717, 1.165) is 19.5 Å². The Morgan fingerprint density at radius 3 is 3.18 bits per heavy atom.